The fraction of sp³-hybridized carbons (Fsp3) is 0.400. The Morgan fingerprint density at radius 1 is 1.36 bits per heavy atom. The average molecular weight is 390 g/mol. The Kier molecular flexibility index (Phi) is 6.43. The summed E-state index contributed by atoms with van der Waals surface area (Å²) in [5.74, 6) is -1.71. The molecule has 0 aliphatic carbocycles. The lowest BCUT2D eigenvalue weighted by Crippen LogP contribution is -2.37. The maximum absolute atomic E-state index is 13.0. The Bertz CT molecular complexity index is 847. The average Bonchev–Trinajstić information content (AvgIpc) is 3.07. The van der Waals surface area contributed by atoms with Crippen LogP contribution in [0.3, 0.4) is 0 Å². The molecule has 0 saturated heterocycles. The first-order chi connectivity index (χ1) is 13.5. The zero-order valence-corrected chi connectivity index (χ0v) is 15.6. The number of halogens is 1. The minimum Gasteiger partial charge on any atom is -0.480 e. The van der Waals surface area contributed by atoms with Gasteiger partial charge in [0.15, 0.2) is 0 Å². The molecule has 0 radical (unpaired) electrons. The Hall–Kier alpha value is -2.71. The van der Waals surface area contributed by atoms with Crippen molar-refractivity contribution in [2.45, 2.75) is 38.6 Å². The van der Waals surface area contributed by atoms with E-state index in [4.69, 9.17) is 9.47 Å². The summed E-state index contributed by atoms with van der Waals surface area (Å²) in [7, 11) is 1.32. The molecule has 0 fully saturated rings. The highest BCUT2D eigenvalue weighted by molar-refractivity contribution is 5.91. The van der Waals surface area contributed by atoms with Gasteiger partial charge in [-0.25, -0.2) is 9.18 Å². The first kappa shape index (κ1) is 20.0. The lowest BCUT2D eigenvalue weighted by Gasteiger charge is -2.20. The van der Waals surface area contributed by atoms with Gasteiger partial charge < -0.3 is 19.1 Å². The largest absolute Gasteiger partial charge is 0.480 e. The van der Waals surface area contributed by atoms with Crippen LogP contribution in [-0.4, -0.2) is 41.4 Å². The molecule has 1 aromatic heterocycles. The molecule has 28 heavy (non-hydrogen) atoms. The highest BCUT2D eigenvalue weighted by Gasteiger charge is 2.24. The van der Waals surface area contributed by atoms with E-state index in [0.717, 1.165) is 17.0 Å². The van der Waals surface area contributed by atoms with Gasteiger partial charge >= 0.3 is 11.9 Å². The summed E-state index contributed by atoms with van der Waals surface area (Å²) in [5.41, 5.74) is 2.87. The Labute approximate surface area is 162 Å². The number of carboxylic acid groups (broad SMARTS) is 1. The number of benzene rings is 1. The minimum absolute atomic E-state index is 0.296. The van der Waals surface area contributed by atoms with Gasteiger partial charge in [-0.05, 0) is 36.6 Å². The molecule has 1 atom stereocenters. The van der Waals surface area contributed by atoms with Crippen LogP contribution in [0.15, 0.2) is 30.3 Å². The SMILES string of the molecule is COC(=O)c1cc(CNC(CCc2ccc(F)cc2)C(=O)O)n2c1COCC2. The van der Waals surface area contributed by atoms with Crippen LogP contribution < -0.4 is 5.32 Å². The van der Waals surface area contributed by atoms with Crippen molar-refractivity contribution in [2.24, 2.45) is 0 Å². The molecule has 150 valence electrons. The summed E-state index contributed by atoms with van der Waals surface area (Å²) < 4.78 is 25.2. The lowest BCUT2D eigenvalue weighted by atomic mass is 10.1. The monoisotopic (exact) mass is 390 g/mol. The molecule has 2 heterocycles. The fourth-order valence-corrected chi connectivity index (χ4v) is 3.34. The van der Waals surface area contributed by atoms with Crippen molar-refractivity contribution in [3.63, 3.8) is 0 Å². The molecule has 1 aliphatic heterocycles. The number of ether oxygens (including phenoxy) is 2. The van der Waals surface area contributed by atoms with Crippen LogP contribution in [0.2, 0.25) is 0 Å². The number of carbonyl (C=O) groups excluding carboxylic acids is 1. The topological polar surface area (TPSA) is 89.8 Å². The Morgan fingerprint density at radius 2 is 2.11 bits per heavy atom. The number of nitrogens with zero attached hydrogens (tertiary/aromatic N) is 1. The highest BCUT2D eigenvalue weighted by atomic mass is 19.1. The highest BCUT2D eigenvalue weighted by Crippen LogP contribution is 2.22. The molecule has 1 aromatic carbocycles. The lowest BCUT2D eigenvalue weighted by molar-refractivity contribution is -0.139. The summed E-state index contributed by atoms with van der Waals surface area (Å²) in [4.78, 5) is 23.6. The number of aliphatic carboxylic acids is 1. The van der Waals surface area contributed by atoms with Gasteiger partial charge in [-0.3, -0.25) is 10.1 Å². The second kappa shape index (κ2) is 8.99. The summed E-state index contributed by atoms with van der Waals surface area (Å²) in [6.45, 7) is 1.74. The van der Waals surface area contributed by atoms with E-state index >= 15 is 0 Å². The predicted octanol–water partition coefficient (Wildman–Crippen LogP) is 2.12. The fourth-order valence-electron chi connectivity index (χ4n) is 3.34. The Morgan fingerprint density at radius 3 is 2.79 bits per heavy atom. The molecule has 0 spiro atoms. The molecule has 0 bridgehead atoms. The van der Waals surface area contributed by atoms with Crippen molar-refractivity contribution in [1.29, 1.82) is 0 Å². The van der Waals surface area contributed by atoms with Crippen molar-refractivity contribution in [1.82, 2.24) is 9.88 Å². The van der Waals surface area contributed by atoms with E-state index in [-0.39, 0.29) is 5.82 Å². The number of aromatic nitrogens is 1. The van der Waals surface area contributed by atoms with Gasteiger partial charge in [-0.15, -0.1) is 0 Å². The molecule has 0 amide bonds. The van der Waals surface area contributed by atoms with Gasteiger partial charge in [-0.1, -0.05) is 12.1 Å². The van der Waals surface area contributed by atoms with Gasteiger partial charge in [0.1, 0.15) is 11.9 Å². The maximum atomic E-state index is 13.0. The normalized spacial score (nSPS) is 14.4. The molecule has 2 aromatic rings. The van der Waals surface area contributed by atoms with Gasteiger partial charge in [0, 0.05) is 18.8 Å². The second-order valence-corrected chi connectivity index (χ2v) is 6.63. The number of nitrogens with one attached hydrogen (secondary N) is 1. The number of fused-ring (bicyclic) bond motifs is 1. The number of hydrogen-bond acceptors (Lipinski definition) is 5. The van der Waals surface area contributed by atoms with E-state index in [2.05, 4.69) is 5.32 Å². The zero-order valence-electron chi connectivity index (χ0n) is 15.6. The zero-order chi connectivity index (χ0) is 20.1. The number of esters is 1. The molecule has 1 aliphatic rings. The number of aryl methyl sites for hydroxylation is 1. The van der Waals surface area contributed by atoms with Gasteiger partial charge in [-0.2, -0.15) is 0 Å². The van der Waals surface area contributed by atoms with Crippen LogP contribution in [0.1, 0.15) is 33.7 Å². The van der Waals surface area contributed by atoms with E-state index in [1.54, 1.807) is 18.2 Å². The van der Waals surface area contributed by atoms with Crippen molar-refractivity contribution in [3.8, 4) is 0 Å². The Balaban J connectivity index is 1.68. The van der Waals surface area contributed by atoms with E-state index < -0.39 is 18.0 Å². The maximum Gasteiger partial charge on any atom is 0.339 e. The molecular weight excluding hydrogens is 367 g/mol. The van der Waals surface area contributed by atoms with Crippen LogP contribution in [0, 0.1) is 5.82 Å². The number of methoxy groups -OCH3 is 1. The van der Waals surface area contributed by atoms with Crippen molar-refractivity contribution >= 4 is 11.9 Å². The third kappa shape index (κ3) is 4.58. The summed E-state index contributed by atoms with van der Waals surface area (Å²) in [5, 5.41) is 12.6. The van der Waals surface area contributed by atoms with Crippen molar-refractivity contribution in [2.75, 3.05) is 13.7 Å². The van der Waals surface area contributed by atoms with Crippen molar-refractivity contribution < 1.29 is 28.6 Å². The first-order valence-electron chi connectivity index (χ1n) is 9.07. The second-order valence-electron chi connectivity index (χ2n) is 6.63. The number of rotatable bonds is 8. The first-order valence-corrected chi connectivity index (χ1v) is 9.07. The van der Waals surface area contributed by atoms with Crippen molar-refractivity contribution in [3.05, 3.63) is 58.7 Å². The molecule has 2 N–H and O–H groups in total. The smallest absolute Gasteiger partial charge is 0.339 e. The minimum atomic E-state index is -0.955. The number of hydrogen-bond donors (Lipinski definition) is 2. The summed E-state index contributed by atoms with van der Waals surface area (Å²) in [6.07, 6.45) is 0.874. The summed E-state index contributed by atoms with van der Waals surface area (Å²) >= 11 is 0. The van der Waals surface area contributed by atoms with Crippen LogP contribution >= 0.6 is 0 Å². The molecular formula is C20H23FN2O5. The van der Waals surface area contributed by atoms with E-state index in [0.29, 0.717) is 44.7 Å². The van der Waals surface area contributed by atoms with E-state index in [1.807, 2.05) is 4.57 Å². The van der Waals surface area contributed by atoms with Crippen LogP contribution in [0.5, 0.6) is 0 Å². The van der Waals surface area contributed by atoms with Gasteiger partial charge in [0.25, 0.3) is 0 Å². The van der Waals surface area contributed by atoms with E-state index in [1.165, 1.54) is 19.2 Å². The predicted molar refractivity (Wildman–Crippen MR) is 98.4 cm³/mol. The molecule has 8 heteroatoms. The number of carbonyl (C=O) groups is 2. The third-order valence-electron chi connectivity index (χ3n) is 4.86. The van der Waals surface area contributed by atoms with Crippen LogP contribution in [0.25, 0.3) is 0 Å². The molecule has 0 saturated carbocycles. The quantitative estimate of drug-likeness (QED) is 0.671. The summed E-state index contributed by atoms with van der Waals surface area (Å²) in [6, 6.07) is 6.99. The van der Waals surface area contributed by atoms with Crippen LogP contribution in [-0.2, 0) is 40.4 Å². The van der Waals surface area contributed by atoms with Gasteiger partial charge in [0.05, 0.1) is 31.6 Å². The molecule has 1 unspecified atom stereocenters. The molecule has 7 nitrogen and oxygen atoms in total. The third-order valence-corrected chi connectivity index (χ3v) is 4.86. The van der Waals surface area contributed by atoms with Gasteiger partial charge in [0.2, 0.25) is 0 Å². The van der Waals surface area contributed by atoms with E-state index in [9.17, 15) is 19.1 Å². The molecule has 3 rings (SSSR count). The number of carboxylic acids is 1. The standard InChI is InChI=1S/C20H23FN2O5/c1-27-20(26)16-10-15(23-8-9-28-12-18(16)23)11-22-17(19(24)25)7-4-13-2-5-14(21)6-3-13/h2-3,5-6,10,17,22H,4,7-9,11-12H2,1H3,(H,24,25). The van der Waals surface area contributed by atoms with Crippen LogP contribution in [0.4, 0.5) is 4.39 Å².